The third-order valence-corrected chi connectivity index (χ3v) is 11.7. The van der Waals surface area contributed by atoms with E-state index in [2.05, 4.69) is 20.9 Å². The average Bonchev–Trinajstić information content (AvgIpc) is 3.85. The van der Waals surface area contributed by atoms with Crippen LogP contribution in [-0.2, 0) is 68.9 Å². The first-order valence-corrected chi connectivity index (χ1v) is 24.5. The maximum absolute atomic E-state index is 12.7. The molecule has 2 aliphatic heterocycles. The van der Waals surface area contributed by atoms with Crippen LogP contribution in [0.3, 0.4) is 0 Å². The van der Waals surface area contributed by atoms with E-state index < -0.39 is 88.6 Å². The number of aromatic nitrogens is 3. The summed E-state index contributed by atoms with van der Waals surface area (Å²) in [5, 5.41) is 63.5. The summed E-state index contributed by atoms with van der Waals surface area (Å²) in [6.45, 7) is 10.2. The SMILES string of the molecule is CC(C)(C)OC[C@H]1O[C@@H](O)C(O)C1OP(=O)(O)OCC(CO)CCCCNC(=O)CCCn1cc(CNC(=O)CCCCCOP(=O)(O)OC[C@H]2O[C@@H](O)C(O)C2OC(C)(C)C)nn1. The molecule has 2 aliphatic rings. The number of aliphatic hydroxyl groups excluding tert-OH is 5. The summed E-state index contributed by atoms with van der Waals surface area (Å²) in [5.41, 5.74) is -0.726. The fourth-order valence-corrected chi connectivity index (χ4v) is 8.16. The maximum Gasteiger partial charge on any atom is 0.472 e. The van der Waals surface area contributed by atoms with Crippen molar-refractivity contribution in [3.8, 4) is 0 Å². The van der Waals surface area contributed by atoms with Crippen molar-refractivity contribution in [1.29, 1.82) is 0 Å². The molecule has 11 atom stereocenters. The Morgan fingerprint density at radius 2 is 1.44 bits per heavy atom. The number of carbonyl (C=O) groups excluding carboxylic acids is 2. The molecule has 64 heavy (non-hydrogen) atoms. The van der Waals surface area contributed by atoms with E-state index in [4.69, 9.17) is 37.0 Å². The van der Waals surface area contributed by atoms with Crippen LogP contribution in [0.2, 0.25) is 0 Å². The molecule has 1 aromatic heterocycles. The molecular weight excluding hydrogens is 892 g/mol. The van der Waals surface area contributed by atoms with Gasteiger partial charge in [-0.15, -0.1) is 5.10 Å². The normalized spacial score (nSPS) is 26.4. The number of aliphatic hydroxyl groups is 5. The third-order valence-electron chi connectivity index (χ3n) is 9.69. The van der Waals surface area contributed by atoms with Gasteiger partial charge in [0.2, 0.25) is 11.8 Å². The topological polar surface area (TPSA) is 338 Å². The van der Waals surface area contributed by atoms with Crippen molar-refractivity contribution in [2.24, 2.45) is 5.92 Å². The van der Waals surface area contributed by atoms with E-state index in [1.165, 1.54) is 0 Å². The molecular formula is C38H71N5O19P2. The number of hydrogen-bond donors (Lipinski definition) is 9. The molecule has 24 nitrogen and oxygen atoms in total. The number of ether oxygens (including phenoxy) is 4. The third kappa shape index (κ3) is 21.7. The Labute approximate surface area is 373 Å². The van der Waals surface area contributed by atoms with Crippen molar-refractivity contribution in [3.05, 3.63) is 11.9 Å². The van der Waals surface area contributed by atoms with Crippen molar-refractivity contribution in [1.82, 2.24) is 25.6 Å². The summed E-state index contributed by atoms with van der Waals surface area (Å²) >= 11 is 0. The number of amides is 2. The van der Waals surface area contributed by atoms with Crippen LogP contribution in [0.15, 0.2) is 6.20 Å². The number of unbranched alkanes of at least 4 members (excludes halogenated alkanes) is 3. The van der Waals surface area contributed by atoms with E-state index in [1.807, 2.05) is 0 Å². The first-order chi connectivity index (χ1) is 29.9. The van der Waals surface area contributed by atoms with Crippen LogP contribution < -0.4 is 10.6 Å². The van der Waals surface area contributed by atoms with Gasteiger partial charge in [0.15, 0.2) is 12.6 Å². The predicted molar refractivity (Wildman–Crippen MR) is 223 cm³/mol. The Bertz CT molecular complexity index is 1650. The van der Waals surface area contributed by atoms with Gasteiger partial charge in [0, 0.05) is 38.5 Å². The summed E-state index contributed by atoms with van der Waals surface area (Å²) in [6, 6.07) is 0. The van der Waals surface area contributed by atoms with E-state index in [-0.39, 0.29) is 57.6 Å². The number of rotatable bonds is 30. The molecule has 0 bridgehead atoms. The minimum absolute atomic E-state index is 0.103. The smallest absolute Gasteiger partial charge is 0.396 e. The second-order valence-corrected chi connectivity index (χ2v) is 20.6. The first kappa shape index (κ1) is 56.3. The van der Waals surface area contributed by atoms with E-state index in [1.54, 1.807) is 52.4 Å². The quantitative estimate of drug-likeness (QED) is 0.0382. The lowest BCUT2D eigenvalue weighted by molar-refractivity contribution is -0.147. The van der Waals surface area contributed by atoms with E-state index in [0.717, 1.165) is 0 Å². The van der Waals surface area contributed by atoms with Crippen LogP contribution >= 0.6 is 15.6 Å². The molecule has 3 heterocycles. The van der Waals surface area contributed by atoms with Gasteiger partial charge >= 0.3 is 15.6 Å². The van der Waals surface area contributed by atoms with Gasteiger partial charge < -0.3 is 64.9 Å². The zero-order chi connectivity index (χ0) is 47.7. The fourth-order valence-electron chi connectivity index (χ4n) is 6.37. The van der Waals surface area contributed by atoms with Crippen LogP contribution in [0.1, 0.15) is 105 Å². The molecule has 7 unspecified atom stereocenters. The van der Waals surface area contributed by atoms with Gasteiger partial charge in [-0.05, 0) is 73.6 Å². The summed E-state index contributed by atoms with van der Waals surface area (Å²) in [5.74, 6) is -0.881. The second-order valence-electron chi connectivity index (χ2n) is 17.7. The first-order valence-electron chi connectivity index (χ1n) is 21.5. The highest BCUT2D eigenvalue weighted by Crippen LogP contribution is 2.48. The van der Waals surface area contributed by atoms with E-state index >= 15 is 0 Å². The lowest BCUT2D eigenvalue weighted by atomic mass is 10.0. The van der Waals surface area contributed by atoms with Crippen molar-refractivity contribution in [2.45, 2.75) is 173 Å². The fraction of sp³-hybridized carbons (Fsp3) is 0.895. The van der Waals surface area contributed by atoms with E-state index in [9.17, 15) is 54.0 Å². The zero-order valence-corrected chi connectivity index (χ0v) is 39.3. The van der Waals surface area contributed by atoms with Crippen LogP contribution in [0.4, 0.5) is 0 Å². The largest absolute Gasteiger partial charge is 0.472 e. The van der Waals surface area contributed by atoms with Crippen molar-refractivity contribution in [2.75, 3.05) is 39.6 Å². The van der Waals surface area contributed by atoms with Crippen LogP contribution in [0, 0.1) is 5.92 Å². The lowest BCUT2D eigenvalue weighted by Crippen LogP contribution is -2.42. The summed E-state index contributed by atoms with van der Waals surface area (Å²) in [6.07, 6.45) is -4.95. The summed E-state index contributed by atoms with van der Waals surface area (Å²) in [7, 11) is -9.19. The molecule has 372 valence electrons. The number of nitrogens with zero attached hydrogens (tertiary/aromatic N) is 3. The molecule has 1 aromatic rings. The molecule has 26 heteroatoms. The molecule has 2 saturated heterocycles. The molecule has 2 amide bonds. The van der Waals surface area contributed by atoms with Crippen molar-refractivity contribution >= 4 is 27.5 Å². The van der Waals surface area contributed by atoms with Crippen LogP contribution in [-0.4, -0.2) is 162 Å². The highest BCUT2D eigenvalue weighted by Gasteiger charge is 2.48. The van der Waals surface area contributed by atoms with Gasteiger partial charge in [0.05, 0.1) is 50.4 Å². The minimum atomic E-state index is -4.72. The Morgan fingerprint density at radius 3 is 2.09 bits per heavy atom. The molecule has 0 spiro atoms. The zero-order valence-electron chi connectivity index (χ0n) is 37.6. The summed E-state index contributed by atoms with van der Waals surface area (Å²) in [4.78, 5) is 45.0. The Morgan fingerprint density at radius 1 is 0.797 bits per heavy atom. The Hall–Kier alpha value is -2.06. The van der Waals surface area contributed by atoms with Gasteiger partial charge in [0.1, 0.15) is 42.3 Å². The van der Waals surface area contributed by atoms with Crippen LogP contribution in [0.25, 0.3) is 0 Å². The van der Waals surface area contributed by atoms with Gasteiger partial charge in [-0.1, -0.05) is 18.1 Å². The number of phosphoric acid groups is 2. The molecule has 0 aromatic carbocycles. The van der Waals surface area contributed by atoms with Gasteiger partial charge in [0.25, 0.3) is 0 Å². The standard InChI is InChI=1S/C38H71N5O19P2/c1-37(2,3)55-23-27-34(32(48)36(50)59-27)62-64(53,54)57-22-25(21-44)13-9-10-16-39-29(45)15-12-17-43-20-26(41-42-43)19-40-30(46)14-8-7-11-18-56-63(51,52)58-24-28-33(61-38(4,5)6)31(47)35(49)60-28/h20,25,27-28,31-36,44,47-50H,7-19,21-24H2,1-6H3,(H,39,45)(H,40,46)(H,51,52)(H,53,54)/t25?,27-,28-,31?,32?,33?,34?,35-,36-/m1/s1. The molecule has 2 fully saturated rings. The number of carbonyl (C=O) groups is 2. The molecule has 0 saturated carbocycles. The minimum Gasteiger partial charge on any atom is -0.396 e. The number of phosphoric ester groups is 2. The number of aryl methyl sites for hydroxylation is 1. The van der Waals surface area contributed by atoms with Crippen molar-refractivity contribution < 1.29 is 91.1 Å². The van der Waals surface area contributed by atoms with Gasteiger partial charge in [-0.3, -0.25) is 32.4 Å². The molecule has 3 rings (SSSR count). The van der Waals surface area contributed by atoms with Gasteiger partial charge in [-0.25, -0.2) is 9.13 Å². The molecule has 0 aliphatic carbocycles. The van der Waals surface area contributed by atoms with E-state index in [0.29, 0.717) is 63.7 Å². The van der Waals surface area contributed by atoms with Gasteiger partial charge in [-0.2, -0.15) is 0 Å². The molecule has 9 N–H and O–H groups in total. The Kier molecular flexibility index (Phi) is 23.3. The average molecular weight is 964 g/mol. The summed E-state index contributed by atoms with van der Waals surface area (Å²) < 4.78 is 68.6. The second kappa shape index (κ2) is 26.5. The highest BCUT2D eigenvalue weighted by molar-refractivity contribution is 7.47. The monoisotopic (exact) mass is 963 g/mol. The Balaban J connectivity index is 1.20. The lowest BCUT2D eigenvalue weighted by Gasteiger charge is -2.29. The predicted octanol–water partition coefficient (Wildman–Crippen LogP) is 0.921. The number of nitrogens with one attached hydrogen (secondary N) is 2. The highest BCUT2D eigenvalue weighted by atomic mass is 31.2. The van der Waals surface area contributed by atoms with Crippen LogP contribution in [0.5, 0.6) is 0 Å². The number of hydrogen-bond acceptors (Lipinski definition) is 19. The van der Waals surface area contributed by atoms with Crippen molar-refractivity contribution in [3.63, 3.8) is 0 Å². The molecule has 0 radical (unpaired) electrons. The maximum atomic E-state index is 12.7.